The van der Waals surface area contributed by atoms with Crippen molar-refractivity contribution < 1.29 is 14.6 Å². The number of aliphatic hydroxyl groups excluding tert-OH is 1. The lowest BCUT2D eigenvalue weighted by Gasteiger charge is -2.11. The average molecular weight is 373 g/mol. The second-order valence-corrected chi connectivity index (χ2v) is 5.92. The maximum Gasteiger partial charge on any atom is 0.295 e. The van der Waals surface area contributed by atoms with E-state index in [4.69, 9.17) is 16.3 Å². The Morgan fingerprint density at radius 3 is 2.69 bits per heavy atom. The fraction of sp³-hybridized carbons (Fsp3) is 0.167. The van der Waals surface area contributed by atoms with Crippen molar-refractivity contribution in [3.05, 3.63) is 71.3 Å². The van der Waals surface area contributed by atoms with Gasteiger partial charge >= 0.3 is 0 Å². The van der Waals surface area contributed by atoms with Crippen LogP contribution in [0.1, 0.15) is 22.3 Å². The van der Waals surface area contributed by atoms with Crippen LogP contribution < -0.4 is 10.1 Å². The Balaban J connectivity index is 1.65. The molecule has 2 N–H and O–H groups in total. The number of methoxy groups -OCH3 is 1. The molecule has 1 heterocycles. The number of para-hydroxylation sites is 1. The molecule has 0 fully saturated rings. The molecule has 0 aliphatic carbocycles. The van der Waals surface area contributed by atoms with Gasteiger partial charge in [-0.25, -0.2) is 9.67 Å². The minimum absolute atomic E-state index is 0.00755. The number of amides is 1. The molecule has 2 aromatic carbocycles. The third-order valence-electron chi connectivity index (χ3n) is 3.72. The maximum absolute atomic E-state index is 12.2. The summed E-state index contributed by atoms with van der Waals surface area (Å²) in [6.45, 7) is 0.165. The molecule has 3 rings (SSSR count). The molecule has 0 unspecified atom stereocenters. The van der Waals surface area contributed by atoms with Crippen LogP contribution in [0.3, 0.4) is 0 Å². The van der Waals surface area contributed by atoms with E-state index in [9.17, 15) is 9.90 Å². The highest BCUT2D eigenvalue weighted by Crippen LogP contribution is 2.21. The van der Waals surface area contributed by atoms with Gasteiger partial charge in [0.1, 0.15) is 12.1 Å². The summed E-state index contributed by atoms with van der Waals surface area (Å²) in [4.78, 5) is 16.2. The number of aliphatic hydroxyl groups is 1. The van der Waals surface area contributed by atoms with Crippen molar-refractivity contribution in [2.75, 3.05) is 12.4 Å². The topological polar surface area (TPSA) is 89.3 Å². The number of halogens is 1. The van der Waals surface area contributed by atoms with Crippen LogP contribution in [-0.4, -0.2) is 32.9 Å². The molecule has 0 aliphatic heterocycles. The zero-order valence-corrected chi connectivity index (χ0v) is 14.7. The molecule has 7 nitrogen and oxygen atoms in total. The lowest BCUT2D eigenvalue weighted by molar-refractivity contribution is 0.101. The van der Waals surface area contributed by atoms with Crippen LogP contribution in [0.4, 0.5) is 5.69 Å². The SMILES string of the molecule is COc1ccc([C@H](O)Cn2cnc(C(=O)Nc3ccccc3Cl)n2)cc1. The van der Waals surface area contributed by atoms with E-state index in [-0.39, 0.29) is 12.4 Å². The molecule has 3 aromatic rings. The van der Waals surface area contributed by atoms with E-state index in [1.807, 2.05) is 0 Å². The van der Waals surface area contributed by atoms with Crippen molar-refractivity contribution >= 4 is 23.2 Å². The van der Waals surface area contributed by atoms with E-state index in [0.29, 0.717) is 22.0 Å². The maximum atomic E-state index is 12.2. The van der Waals surface area contributed by atoms with Crippen molar-refractivity contribution in [2.24, 2.45) is 0 Å². The van der Waals surface area contributed by atoms with Gasteiger partial charge in [-0.1, -0.05) is 35.9 Å². The van der Waals surface area contributed by atoms with Gasteiger partial charge in [-0.2, -0.15) is 0 Å². The van der Waals surface area contributed by atoms with Crippen LogP contribution >= 0.6 is 11.6 Å². The Labute approximate surface area is 155 Å². The van der Waals surface area contributed by atoms with Gasteiger partial charge in [0.05, 0.1) is 30.5 Å². The van der Waals surface area contributed by atoms with Crippen LogP contribution in [0, 0.1) is 0 Å². The van der Waals surface area contributed by atoms with Crippen LogP contribution in [-0.2, 0) is 6.54 Å². The zero-order chi connectivity index (χ0) is 18.5. The van der Waals surface area contributed by atoms with Gasteiger partial charge in [0.2, 0.25) is 5.82 Å². The summed E-state index contributed by atoms with van der Waals surface area (Å²) in [5.74, 6) is 0.225. The highest BCUT2D eigenvalue weighted by atomic mass is 35.5. The number of hydrogen-bond acceptors (Lipinski definition) is 5. The van der Waals surface area contributed by atoms with Crippen molar-refractivity contribution in [3.63, 3.8) is 0 Å². The number of anilines is 1. The van der Waals surface area contributed by atoms with Crippen molar-refractivity contribution in [3.8, 4) is 5.75 Å². The number of aromatic nitrogens is 3. The standard InChI is InChI=1S/C18H17ClN4O3/c1-26-13-8-6-12(7-9-13)16(24)10-23-11-20-17(22-23)18(25)21-15-5-3-2-4-14(15)19/h2-9,11,16,24H,10H2,1H3,(H,21,25)/t16-/m1/s1. The monoisotopic (exact) mass is 372 g/mol. The molecule has 0 aliphatic rings. The third kappa shape index (κ3) is 4.19. The first-order chi connectivity index (χ1) is 12.6. The van der Waals surface area contributed by atoms with Gasteiger partial charge in [0.15, 0.2) is 0 Å². The highest BCUT2D eigenvalue weighted by Gasteiger charge is 2.15. The van der Waals surface area contributed by atoms with E-state index in [0.717, 1.165) is 0 Å². The van der Waals surface area contributed by atoms with E-state index in [2.05, 4.69) is 15.4 Å². The Hall–Kier alpha value is -2.90. The number of hydrogen-bond donors (Lipinski definition) is 2. The van der Waals surface area contributed by atoms with Crippen LogP contribution in [0.25, 0.3) is 0 Å². The summed E-state index contributed by atoms with van der Waals surface area (Å²) in [7, 11) is 1.58. The summed E-state index contributed by atoms with van der Waals surface area (Å²) < 4.78 is 6.50. The molecular weight excluding hydrogens is 356 g/mol. The number of nitrogens with zero attached hydrogens (tertiary/aromatic N) is 3. The Kier molecular flexibility index (Phi) is 5.50. The summed E-state index contributed by atoms with van der Waals surface area (Å²) in [6.07, 6.45) is 0.607. The van der Waals surface area contributed by atoms with Crippen LogP contribution in [0.5, 0.6) is 5.75 Å². The van der Waals surface area contributed by atoms with E-state index in [1.165, 1.54) is 11.0 Å². The lowest BCUT2D eigenvalue weighted by Crippen LogP contribution is -2.15. The number of nitrogens with one attached hydrogen (secondary N) is 1. The van der Waals surface area contributed by atoms with Gasteiger partial charge in [0.25, 0.3) is 5.91 Å². The predicted octanol–water partition coefficient (Wildman–Crippen LogP) is 2.93. The molecule has 1 amide bonds. The van der Waals surface area contributed by atoms with E-state index in [1.54, 1.807) is 55.6 Å². The Bertz CT molecular complexity index is 895. The summed E-state index contributed by atoms with van der Waals surface area (Å²) >= 11 is 6.02. The first-order valence-electron chi connectivity index (χ1n) is 7.84. The van der Waals surface area contributed by atoms with Crippen molar-refractivity contribution in [1.29, 1.82) is 0 Å². The quantitative estimate of drug-likeness (QED) is 0.694. The van der Waals surface area contributed by atoms with Crippen LogP contribution in [0.2, 0.25) is 5.02 Å². The summed E-state index contributed by atoms with van der Waals surface area (Å²) in [5.41, 5.74) is 1.19. The van der Waals surface area contributed by atoms with Crippen molar-refractivity contribution in [1.82, 2.24) is 14.8 Å². The number of carbonyl (C=O) groups excluding carboxylic acids is 1. The van der Waals surface area contributed by atoms with Gasteiger partial charge in [-0.05, 0) is 29.8 Å². The number of rotatable bonds is 6. The molecule has 1 aromatic heterocycles. The summed E-state index contributed by atoms with van der Waals surface area (Å²) in [6, 6.07) is 14.0. The number of benzene rings is 2. The molecular formula is C18H17ClN4O3. The second-order valence-electron chi connectivity index (χ2n) is 5.51. The molecule has 8 heteroatoms. The Morgan fingerprint density at radius 2 is 2.00 bits per heavy atom. The van der Waals surface area contributed by atoms with E-state index >= 15 is 0 Å². The number of ether oxygens (including phenoxy) is 1. The minimum Gasteiger partial charge on any atom is -0.497 e. The fourth-order valence-corrected chi connectivity index (χ4v) is 2.52. The van der Waals surface area contributed by atoms with Crippen molar-refractivity contribution in [2.45, 2.75) is 12.6 Å². The molecule has 1 atom stereocenters. The summed E-state index contributed by atoms with van der Waals surface area (Å²) in [5, 5.41) is 17.5. The molecule has 0 spiro atoms. The molecule has 26 heavy (non-hydrogen) atoms. The van der Waals surface area contributed by atoms with Crippen LogP contribution in [0.15, 0.2) is 54.9 Å². The third-order valence-corrected chi connectivity index (χ3v) is 4.05. The van der Waals surface area contributed by atoms with Gasteiger partial charge in [-0.15, -0.1) is 5.10 Å². The first-order valence-corrected chi connectivity index (χ1v) is 8.22. The van der Waals surface area contributed by atoms with Gasteiger partial charge in [-0.3, -0.25) is 4.79 Å². The predicted molar refractivity (Wildman–Crippen MR) is 97.4 cm³/mol. The molecule has 0 saturated heterocycles. The highest BCUT2D eigenvalue weighted by molar-refractivity contribution is 6.33. The fourth-order valence-electron chi connectivity index (χ4n) is 2.34. The van der Waals surface area contributed by atoms with Gasteiger partial charge in [0, 0.05) is 0 Å². The lowest BCUT2D eigenvalue weighted by atomic mass is 10.1. The largest absolute Gasteiger partial charge is 0.497 e. The Morgan fingerprint density at radius 1 is 1.27 bits per heavy atom. The smallest absolute Gasteiger partial charge is 0.295 e. The van der Waals surface area contributed by atoms with Gasteiger partial charge < -0.3 is 15.2 Å². The molecule has 0 radical (unpaired) electrons. The second kappa shape index (κ2) is 7.99. The molecule has 0 saturated carbocycles. The molecule has 134 valence electrons. The number of carbonyl (C=O) groups is 1. The minimum atomic E-state index is -0.790. The van der Waals surface area contributed by atoms with E-state index < -0.39 is 12.0 Å². The first kappa shape index (κ1) is 17.9. The zero-order valence-electron chi connectivity index (χ0n) is 14.0. The average Bonchev–Trinajstić information content (AvgIpc) is 3.12. The molecule has 0 bridgehead atoms. The normalized spacial score (nSPS) is 11.8.